The van der Waals surface area contributed by atoms with Crippen molar-refractivity contribution >= 4 is 28.3 Å². The van der Waals surface area contributed by atoms with Crippen molar-refractivity contribution in [3.8, 4) is 0 Å². The van der Waals surface area contributed by atoms with Gasteiger partial charge in [-0.3, -0.25) is 14.4 Å². The summed E-state index contributed by atoms with van der Waals surface area (Å²) in [6, 6.07) is 23.4. The first-order valence-electron chi connectivity index (χ1n) is 10.2. The second-order valence-electron chi connectivity index (χ2n) is 7.31. The number of nitrogens with one attached hydrogen (secondary N) is 1. The third kappa shape index (κ3) is 4.31. The highest BCUT2D eigenvalue weighted by Crippen LogP contribution is 2.16. The Labute approximate surface area is 180 Å². The Morgan fingerprint density at radius 2 is 1.55 bits per heavy atom. The van der Waals surface area contributed by atoms with Gasteiger partial charge in [0.15, 0.2) is 5.78 Å². The summed E-state index contributed by atoms with van der Waals surface area (Å²) in [7, 11) is 0. The van der Waals surface area contributed by atoms with Gasteiger partial charge in [-0.25, -0.2) is 0 Å². The Bertz CT molecular complexity index is 1310. The van der Waals surface area contributed by atoms with E-state index in [0.717, 1.165) is 12.0 Å². The zero-order valence-electron chi connectivity index (χ0n) is 17.2. The second-order valence-corrected chi connectivity index (χ2v) is 7.31. The van der Waals surface area contributed by atoms with Gasteiger partial charge in [-0.2, -0.15) is 0 Å². The first-order chi connectivity index (χ1) is 15.1. The highest BCUT2D eigenvalue weighted by atomic mass is 16.2. The van der Waals surface area contributed by atoms with Crippen molar-refractivity contribution in [3.05, 3.63) is 112 Å². The lowest BCUT2D eigenvalue weighted by Crippen LogP contribution is -2.24. The lowest BCUT2D eigenvalue weighted by atomic mass is 10.0. The molecule has 1 N–H and O–H groups in total. The van der Waals surface area contributed by atoms with E-state index in [2.05, 4.69) is 5.32 Å². The highest BCUT2D eigenvalue weighted by molar-refractivity contribution is 6.10. The molecule has 0 saturated heterocycles. The molecule has 154 valence electrons. The molecular formula is C26H22N2O3. The minimum absolute atomic E-state index is 0.0231. The molecule has 1 heterocycles. The van der Waals surface area contributed by atoms with Crippen molar-refractivity contribution in [2.24, 2.45) is 0 Å². The number of rotatable bonds is 6. The Kier molecular flexibility index (Phi) is 5.76. The van der Waals surface area contributed by atoms with Crippen LogP contribution >= 0.6 is 0 Å². The molecule has 0 aliphatic carbocycles. The van der Waals surface area contributed by atoms with Crippen molar-refractivity contribution < 1.29 is 9.59 Å². The van der Waals surface area contributed by atoms with Gasteiger partial charge >= 0.3 is 0 Å². The largest absolute Gasteiger partial charge is 0.337 e. The molecule has 5 heteroatoms. The van der Waals surface area contributed by atoms with Gasteiger partial charge < -0.3 is 9.88 Å². The van der Waals surface area contributed by atoms with Crippen molar-refractivity contribution in [3.63, 3.8) is 0 Å². The third-order valence-corrected chi connectivity index (χ3v) is 5.23. The van der Waals surface area contributed by atoms with Crippen LogP contribution in [0.1, 0.15) is 28.4 Å². The van der Waals surface area contributed by atoms with Crippen LogP contribution in [0.4, 0.5) is 5.69 Å². The molecule has 0 radical (unpaired) electrons. The molecule has 0 aliphatic rings. The average molecular weight is 410 g/mol. The summed E-state index contributed by atoms with van der Waals surface area (Å²) >= 11 is 0. The summed E-state index contributed by atoms with van der Waals surface area (Å²) in [4.78, 5) is 38.8. The molecule has 0 unspecified atom stereocenters. The van der Waals surface area contributed by atoms with Gasteiger partial charge in [0, 0.05) is 22.8 Å². The van der Waals surface area contributed by atoms with Crippen LogP contribution in [0.25, 0.3) is 10.9 Å². The Balaban J connectivity index is 1.73. The predicted molar refractivity (Wildman–Crippen MR) is 123 cm³/mol. The summed E-state index contributed by atoms with van der Waals surface area (Å²) in [5.41, 5.74) is 2.57. The molecular weight excluding hydrogens is 388 g/mol. The smallest absolute Gasteiger partial charge is 0.244 e. The molecule has 0 bridgehead atoms. The topological polar surface area (TPSA) is 68.2 Å². The molecule has 0 saturated carbocycles. The number of nitrogens with zero attached hydrogens (tertiary/aromatic N) is 1. The van der Waals surface area contributed by atoms with Gasteiger partial charge in [0.25, 0.3) is 0 Å². The van der Waals surface area contributed by atoms with Crippen LogP contribution in [0.15, 0.2) is 89.9 Å². The molecule has 3 aromatic carbocycles. The fourth-order valence-electron chi connectivity index (χ4n) is 3.56. The Hall–Kier alpha value is -3.99. The Morgan fingerprint density at radius 3 is 2.26 bits per heavy atom. The molecule has 5 nitrogen and oxygen atoms in total. The van der Waals surface area contributed by atoms with Crippen LogP contribution in [-0.2, 0) is 17.8 Å². The third-order valence-electron chi connectivity index (χ3n) is 5.23. The fraction of sp³-hybridized carbons (Fsp3) is 0.115. The minimum Gasteiger partial charge on any atom is -0.337 e. The number of carbonyl (C=O) groups is 2. The van der Waals surface area contributed by atoms with Crippen LogP contribution in [0, 0.1) is 0 Å². The highest BCUT2D eigenvalue weighted by Gasteiger charge is 2.18. The van der Waals surface area contributed by atoms with Gasteiger partial charge in [0.2, 0.25) is 11.3 Å². The first-order valence-corrected chi connectivity index (χ1v) is 10.2. The van der Waals surface area contributed by atoms with E-state index in [-0.39, 0.29) is 29.2 Å². The number of pyridine rings is 1. The molecule has 0 atom stereocenters. The van der Waals surface area contributed by atoms with Crippen molar-refractivity contribution in [1.82, 2.24) is 4.57 Å². The molecule has 1 aromatic heterocycles. The monoisotopic (exact) mass is 410 g/mol. The van der Waals surface area contributed by atoms with Gasteiger partial charge in [0.05, 0.1) is 11.1 Å². The van der Waals surface area contributed by atoms with E-state index >= 15 is 0 Å². The molecule has 0 fully saturated rings. The molecule has 4 aromatic rings. The van der Waals surface area contributed by atoms with E-state index in [0.29, 0.717) is 22.2 Å². The normalized spacial score (nSPS) is 10.7. The minimum atomic E-state index is -0.351. The SMILES string of the molecule is CCc1ccc(C(=O)c2cn(CC(=O)Nc3ccccc3)c3ccccc3c2=O)cc1. The molecule has 0 spiro atoms. The summed E-state index contributed by atoms with van der Waals surface area (Å²) < 4.78 is 1.66. The van der Waals surface area contributed by atoms with Gasteiger partial charge in [-0.15, -0.1) is 0 Å². The number of aryl methyl sites for hydroxylation is 1. The molecule has 4 rings (SSSR count). The van der Waals surface area contributed by atoms with Crippen molar-refractivity contribution in [2.45, 2.75) is 19.9 Å². The van der Waals surface area contributed by atoms with E-state index in [1.165, 1.54) is 6.20 Å². The second kappa shape index (κ2) is 8.79. The van der Waals surface area contributed by atoms with Gasteiger partial charge in [-0.1, -0.05) is 61.5 Å². The maximum atomic E-state index is 13.1. The number of fused-ring (bicyclic) bond motifs is 1. The van der Waals surface area contributed by atoms with Crippen LogP contribution in [-0.4, -0.2) is 16.3 Å². The molecule has 0 aliphatic heterocycles. The summed E-state index contributed by atoms with van der Waals surface area (Å²) in [5.74, 6) is -0.596. The number of anilines is 1. The number of benzene rings is 3. The number of ketones is 1. The van der Waals surface area contributed by atoms with E-state index in [1.807, 2.05) is 37.3 Å². The van der Waals surface area contributed by atoms with E-state index < -0.39 is 0 Å². The number of aromatic nitrogens is 1. The number of hydrogen-bond acceptors (Lipinski definition) is 3. The van der Waals surface area contributed by atoms with Crippen LogP contribution in [0.5, 0.6) is 0 Å². The van der Waals surface area contributed by atoms with E-state index in [1.54, 1.807) is 53.1 Å². The summed E-state index contributed by atoms with van der Waals surface area (Å²) in [6.07, 6.45) is 2.36. The van der Waals surface area contributed by atoms with E-state index in [4.69, 9.17) is 0 Å². The van der Waals surface area contributed by atoms with Crippen molar-refractivity contribution in [2.75, 3.05) is 5.32 Å². The quantitative estimate of drug-likeness (QED) is 0.478. The first kappa shape index (κ1) is 20.3. The van der Waals surface area contributed by atoms with Crippen LogP contribution < -0.4 is 10.7 Å². The average Bonchev–Trinajstić information content (AvgIpc) is 2.81. The van der Waals surface area contributed by atoms with E-state index in [9.17, 15) is 14.4 Å². The zero-order valence-corrected chi connectivity index (χ0v) is 17.2. The lowest BCUT2D eigenvalue weighted by Gasteiger charge is -2.13. The zero-order chi connectivity index (χ0) is 21.8. The maximum Gasteiger partial charge on any atom is 0.244 e. The van der Waals surface area contributed by atoms with Gasteiger partial charge in [0.1, 0.15) is 6.54 Å². The standard InChI is InChI=1S/C26H22N2O3/c1-2-18-12-14-19(15-13-18)25(30)22-16-28(23-11-7-6-10-21(23)26(22)31)17-24(29)27-20-8-4-3-5-9-20/h3-16H,2,17H2,1H3,(H,27,29). The van der Waals surface area contributed by atoms with Crippen LogP contribution in [0.3, 0.4) is 0 Å². The predicted octanol–water partition coefficient (Wildman–Crippen LogP) is 4.43. The van der Waals surface area contributed by atoms with Gasteiger partial charge in [-0.05, 0) is 36.2 Å². The maximum absolute atomic E-state index is 13.1. The van der Waals surface area contributed by atoms with Crippen molar-refractivity contribution in [1.29, 1.82) is 0 Å². The summed E-state index contributed by atoms with van der Waals surface area (Å²) in [6.45, 7) is 2.02. The van der Waals surface area contributed by atoms with Crippen LogP contribution in [0.2, 0.25) is 0 Å². The number of para-hydroxylation sites is 2. The molecule has 1 amide bonds. The lowest BCUT2D eigenvalue weighted by molar-refractivity contribution is -0.116. The molecule has 31 heavy (non-hydrogen) atoms. The number of amides is 1. The summed E-state index contributed by atoms with van der Waals surface area (Å²) in [5, 5.41) is 3.25. The Morgan fingerprint density at radius 1 is 0.871 bits per heavy atom. The number of hydrogen-bond donors (Lipinski definition) is 1. The number of carbonyl (C=O) groups excluding carboxylic acids is 2. The fourth-order valence-corrected chi connectivity index (χ4v) is 3.56.